The summed E-state index contributed by atoms with van der Waals surface area (Å²) >= 11 is 1.53. The van der Waals surface area contributed by atoms with Crippen LogP contribution in [-0.2, 0) is 16.6 Å². The van der Waals surface area contributed by atoms with Crippen LogP contribution in [0.2, 0.25) is 0 Å². The number of hydrogen-bond acceptors (Lipinski definition) is 5. The molecule has 0 unspecified atom stereocenters. The van der Waals surface area contributed by atoms with Gasteiger partial charge in [0.25, 0.3) is 5.91 Å². The van der Waals surface area contributed by atoms with Gasteiger partial charge in [-0.25, -0.2) is 13.8 Å². The average molecular weight is 442 g/mol. The second kappa shape index (κ2) is 9.23. The predicted molar refractivity (Wildman–Crippen MR) is 123 cm³/mol. The van der Waals surface area contributed by atoms with Gasteiger partial charge in [-0.05, 0) is 66.2 Å². The fourth-order valence-corrected chi connectivity index (χ4v) is 4.26. The molecule has 6 nitrogen and oxygen atoms in total. The second-order valence-corrected chi connectivity index (χ2v) is 9.84. The van der Waals surface area contributed by atoms with Gasteiger partial charge in [0.15, 0.2) is 0 Å². The molecular weight excluding hydrogens is 418 g/mol. The summed E-state index contributed by atoms with van der Waals surface area (Å²) in [4.78, 5) is 13.2. The van der Waals surface area contributed by atoms with Crippen molar-refractivity contribution in [2.45, 2.75) is 20.4 Å². The van der Waals surface area contributed by atoms with Crippen LogP contribution < -0.4 is 9.73 Å². The van der Waals surface area contributed by atoms with Crippen LogP contribution in [0, 0.1) is 13.8 Å². The van der Waals surface area contributed by atoms with Crippen LogP contribution in [-0.4, -0.2) is 26.8 Å². The Labute approximate surface area is 180 Å². The molecule has 0 radical (unpaired) electrons. The van der Waals surface area contributed by atoms with Crippen LogP contribution in [0.3, 0.4) is 0 Å². The van der Waals surface area contributed by atoms with Crippen molar-refractivity contribution < 1.29 is 13.2 Å². The Balaban J connectivity index is 1.72. The van der Waals surface area contributed by atoms with Crippen molar-refractivity contribution in [3.05, 3.63) is 87.1 Å². The Morgan fingerprint density at radius 3 is 2.43 bits per heavy atom. The molecule has 156 valence electrons. The molecule has 30 heavy (non-hydrogen) atoms. The quantitative estimate of drug-likeness (QED) is 0.443. The van der Waals surface area contributed by atoms with E-state index in [0.29, 0.717) is 11.3 Å². The molecule has 1 aromatic heterocycles. The summed E-state index contributed by atoms with van der Waals surface area (Å²) < 4.78 is 26.1. The van der Waals surface area contributed by atoms with E-state index in [1.54, 1.807) is 36.5 Å². The van der Waals surface area contributed by atoms with Gasteiger partial charge in [0.05, 0.1) is 24.7 Å². The van der Waals surface area contributed by atoms with Crippen LogP contribution in [0.1, 0.15) is 31.9 Å². The topological polar surface area (TPSA) is 78.8 Å². The van der Waals surface area contributed by atoms with Crippen molar-refractivity contribution >= 4 is 39.2 Å². The highest BCUT2D eigenvalue weighted by atomic mass is 32.2. The van der Waals surface area contributed by atoms with E-state index >= 15 is 0 Å². The zero-order valence-corrected chi connectivity index (χ0v) is 18.6. The predicted octanol–water partition coefficient (Wildman–Crippen LogP) is 4.10. The van der Waals surface area contributed by atoms with Gasteiger partial charge in [0.2, 0.25) is 10.0 Å². The number of thiophene rings is 1. The van der Waals surface area contributed by atoms with Crippen molar-refractivity contribution in [2.24, 2.45) is 5.10 Å². The minimum absolute atomic E-state index is 0.180. The normalized spacial score (nSPS) is 11.6. The van der Waals surface area contributed by atoms with Crippen molar-refractivity contribution in [1.82, 2.24) is 5.43 Å². The summed E-state index contributed by atoms with van der Waals surface area (Å²) in [6, 6.07) is 16.2. The van der Waals surface area contributed by atoms with Crippen LogP contribution in [0.4, 0.5) is 5.69 Å². The molecule has 2 aromatic carbocycles. The molecule has 3 rings (SSSR count). The lowest BCUT2D eigenvalue weighted by molar-refractivity contribution is 0.0955. The Morgan fingerprint density at radius 1 is 1.10 bits per heavy atom. The Bertz CT molecular complexity index is 1150. The van der Waals surface area contributed by atoms with E-state index in [1.807, 2.05) is 43.5 Å². The zero-order chi connectivity index (χ0) is 21.7. The maximum atomic E-state index is 12.4. The lowest BCUT2D eigenvalue weighted by Gasteiger charge is -2.23. The van der Waals surface area contributed by atoms with Gasteiger partial charge in [-0.3, -0.25) is 9.10 Å². The number of aryl methyl sites for hydroxylation is 2. The van der Waals surface area contributed by atoms with E-state index in [-0.39, 0.29) is 12.5 Å². The fraction of sp³-hybridized carbons (Fsp3) is 0.182. The molecule has 0 aliphatic rings. The number of sulfonamides is 1. The summed E-state index contributed by atoms with van der Waals surface area (Å²) in [5.41, 5.74) is 6.45. The number of nitrogens with zero attached hydrogens (tertiary/aromatic N) is 2. The Kier molecular flexibility index (Phi) is 6.69. The van der Waals surface area contributed by atoms with E-state index in [4.69, 9.17) is 0 Å². The number of carbonyl (C=O) groups is 1. The van der Waals surface area contributed by atoms with Gasteiger partial charge in [-0.2, -0.15) is 5.10 Å². The first-order valence-corrected chi connectivity index (χ1v) is 12.0. The summed E-state index contributed by atoms with van der Waals surface area (Å²) in [5.74, 6) is -0.330. The third-order valence-electron chi connectivity index (χ3n) is 4.62. The summed E-state index contributed by atoms with van der Waals surface area (Å²) in [5, 5.41) is 5.88. The van der Waals surface area contributed by atoms with Crippen LogP contribution in [0.15, 0.2) is 65.1 Å². The number of benzene rings is 2. The molecule has 0 atom stereocenters. The van der Waals surface area contributed by atoms with Gasteiger partial charge in [-0.1, -0.05) is 24.3 Å². The second-order valence-electron chi connectivity index (χ2n) is 6.95. The lowest BCUT2D eigenvalue weighted by atomic mass is 10.1. The van der Waals surface area contributed by atoms with Crippen molar-refractivity contribution in [2.75, 3.05) is 10.6 Å². The first-order chi connectivity index (χ1) is 14.2. The summed E-state index contributed by atoms with van der Waals surface area (Å²) in [7, 11) is -3.47. The number of carbonyl (C=O) groups excluding carboxylic acids is 1. The van der Waals surface area contributed by atoms with Gasteiger partial charge in [-0.15, -0.1) is 11.3 Å². The lowest BCUT2D eigenvalue weighted by Crippen LogP contribution is -2.29. The van der Waals surface area contributed by atoms with Gasteiger partial charge in [0.1, 0.15) is 0 Å². The molecule has 1 heterocycles. The molecule has 1 amide bonds. The molecule has 3 aromatic rings. The highest BCUT2D eigenvalue weighted by Gasteiger charge is 2.18. The Morgan fingerprint density at radius 2 is 1.83 bits per heavy atom. The maximum absolute atomic E-state index is 12.4. The average Bonchev–Trinajstić information content (AvgIpc) is 3.21. The molecule has 0 bridgehead atoms. The standard InChI is InChI=1S/C22H23N3O3S2/c1-16-6-11-20(13-17(16)2)25(30(3,27)28)15-18-7-9-19(10-8-18)22(26)24-23-14-21-5-4-12-29-21/h4-14H,15H2,1-3H3,(H,24,26)/b23-14-. The van der Waals surface area contributed by atoms with Crippen LogP contribution >= 0.6 is 11.3 Å². The summed E-state index contributed by atoms with van der Waals surface area (Å²) in [6.45, 7) is 4.12. The van der Waals surface area contributed by atoms with E-state index in [1.165, 1.54) is 21.9 Å². The van der Waals surface area contributed by atoms with Gasteiger partial charge in [0, 0.05) is 10.4 Å². The zero-order valence-electron chi connectivity index (χ0n) is 17.0. The molecule has 0 fully saturated rings. The molecule has 8 heteroatoms. The number of amides is 1. The molecule has 0 aliphatic carbocycles. The molecular formula is C22H23N3O3S2. The first-order valence-electron chi connectivity index (χ1n) is 9.25. The largest absolute Gasteiger partial charge is 0.271 e. The van der Waals surface area contributed by atoms with Crippen LogP contribution in [0.5, 0.6) is 0 Å². The number of hydrogen-bond donors (Lipinski definition) is 1. The number of nitrogens with one attached hydrogen (secondary N) is 1. The first kappa shape index (κ1) is 21.7. The number of hydrazone groups is 1. The highest BCUT2D eigenvalue weighted by Crippen LogP contribution is 2.23. The monoisotopic (exact) mass is 441 g/mol. The highest BCUT2D eigenvalue weighted by molar-refractivity contribution is 7.92. The number of anilines is 1. The molecule has 0 aliphatic heterocycles. The summed E-state index contributed by atoms with van der Waals surface area (Å²) in [6.07, 6.45) is 2.78. The molecule has 0 spiro atoms. The van der Waals surface area contributed by atoms with E-state index < -0.39 is 10.0 Å². The van der Waals surface area contributed by atoms with Crippen molar-refractivity contribution in [3.63, 3.8) is 0 Å². The Hall–Kier alpha value is -2.97. The fourth-order valence-electron chi connectivity index (χ4n) is 2.79. The smallest absolute Gasteiger partial charge is 0.267 e. The van der Waals surface area contributed by atoms with Crippen molar-refractivity contribution in [3.8, 4) is 0 Å². The third-order valence-corrected chi connectivity index (χ3v) is 6.57. The van der Waals surface area contributed by atoms with E-state index in [9.17, 15) is 13.2 Å². The van der Waals surface area contributed by atoms with Gasteiger partial charge < -0.3 is 0 Å². The maximum Gasteiger partial charge on any atom is 0.271 e. The molecule has 0 saturated carbocycles. The van der Waals surface area contributed by atoms with E-state index in [2.05, 4.69) is 10.5 Å². The SMILES string of the molecule is Cc1ccc(N(Cc2ccc(C(=O)N/N=C\c3cccs3)cc2)S(C)(=O)=O)cc1C. The molecule has 1 N–H and O–H groups in total. The third kappa shape index (κ3) is 5.55. The van der Waals surface area contributed by atoms with Crippen molar-refractivity contribution in [1.29, 1.82) is 0 Å². The van der Waals surface area contributed by atoms with E-state index in [0.717, 1.165) is 21.6 Å². The van der Waals surface area contributed by atoms with Crippen LogP contribution in [0.25, 0.3) is 0 Å². The number of rotatable bonds is 7. The minimum Gasteiger partial charge on any atom is -0.267 e. The minimum atomic E-state index is -3.47. The van der Waals surface area contributed by atoms with Gasteiger partial charge >= 0.3 is 0 Å². The molecule has 0 saturated heterocycles.